The van der Waals surface area contributed by atoms with Crippen molar-refractivity contribution < 1.29 is 14.0 Å². The van der Waals surface area contributed by atoms with Crippen molar-refractivity contribution in [3.05, 3.63) is 0 Å². The van der Waals surface area contributed by atoms with Gasteiger partial charge in [0.15, 0.2) is 8.32 Å². The van der Waals surface area contributed by atoms with Gasteiger partial charge in [-0.25, -0.2) is 0 Å². The fraction of sp³-hybridized carbons (Fsp3) is 0.938. The SMILES string of the molecule is COC(=O)[C@@H]1C[C@]2(C)CCC[C@]12O[Si](C)(C)C(C)(C)C. The van der Waals surface area contributed by atoms with Crippen molar-refractivity contribution in [1.29, 1.82) is 0 Å². The Morgan fingerprint density at radius 1 is 1.25 bits per heavy atom. The zero-order valence-corrected chi connectivity index (χ0v) is 15.1. The topological polar surface area (TPSA) is 35.5 Å². The highest BCUT2D eigenvalue weighted by molar-refractivity contribution is 6.74. The minimum atomic E-state index is -1.89. The molecular weight excluding hydrogens is 268 g/mol. The summed E-state index contributed by atoms with van der Waals surface area (Å²) in [6, 6.07) is 0. The standard InChI is InChI=1S/C16H30O3Si/c1-14(2,3)20(6,7)19-16-10-8-9-15(16,4)11-12(16)13(17)18-5/h12H,8-11H2,1-7H3/t12-,15-,16-/m0/s1. The first-order valence-corrected chi connectivity index (χ1v) is 10.7. The van der Waals surface area contributed by atoms with Gasteiger partial charge in [0.1, 0.15) is 0 Å². The number of hydrogen-bond acceptors (Lipinski definition) is 3. The summed E-state index contributed by atoms with van der Waals surface area (Å²) >= 11 is 0. The van der Waals surface area contributed by atoms with E-state index < -0.39 is 8.32 Å². The molecule has 0 aromatic rings. The van der Waals surface area contributed by atoms with Crippen molar-refractivity contribution in [3.63, 3.8) is 0 Å². The first-order valence-electron chi connectivity index (χ1n) is 7.77. The molecule has 0 aromatic heterocycles. The van der Waals surface area contributed by atoms with Gasteiger partial charge >= 0.3 is 5.97 Å². The maximum Gasteiger partial charge on any atom is 0.311 e. The minimum Gasteiger partial charge on any atom is -0.469 e. The van der Waals surface area contributed by atoms with Crippen LogP contribution in [-0.2, 0) is 14.0 Å². The van der Waals surface area contributed by atoms with Gasteiger partial charge in [-0.15, -0.1) is 0 Å². The Morgan fingerprint density at radius 3 is 2.30 bits per heavy atom. The number of fused-ring (bicyclic) bond motifs is 1. The third-order valence-electron chi connectivity index (χ3n) is 6.25. The number of carbonyl (C=O) groups is 1. The lowest BCUT2D eigenvalue weighted by atomic mass is 9.53. The minimum absolute atomic E-state index is 0.0610. The summed E-state index contributed by atoms with van der Waals surface area (Å²) in [5.41, 5.74) is -0.0928. The first-order chi connectivity index (χ1) is 8.99. The molecule has 2 aliphatic rings. The summed E-state index contributed by atoms with van der Waals surface area (Å²) in [6.45, 7) is 13.6. The molecule has 0 heterocycles. The highest BCUT2D eigenvalue weighted by Gasteiger charge is 2.70. The molecular formula is C16H30O3Si. The molecule has 0 aliphatic heterocycles. The van der Waals surface area contributed by atoms with Crippen molar-refractivity contribution in [1.82, 2.24) is 0 Å². The number of carbonyl (C=O) groups excluding carboxylic acids is 1. The second kappa shape index (κ2) is 4.57. The molecule has 2 rings (SSSR count). The van der Waals surface area contributed by atoms with Crippen molar-refractivity contribution in [2.45, 2.75) is 77.1 Å². The van der Waals surface area contributed by atoms with Crippen LogP contribution in [0.1, 0.15) is 53.4 Å². The molecule has 0 bridgehead atoms. The van der Waals surface area contributed by atoms with E-state index in [0.29, 0.717) is 0 Å². The Balaban J connectivity index is 2.31. The van der Waals surface area contributed by atoms with E-state index in [1.54, 1.807) is 0 Å². The molecule has 0 N–H and O–H groups in total. The van der Waals surface area contributed by atoms with Gasteiger partial charge < -0.3 is 9.16 Å². The van der Waals surface area contributed by atoms with E-state index in [2.05, 4.69) is 40.8 Å². The Bertz CT molecular complexity index is 412. The third kappa shape index (κ3) is 2.07. The maximum atomic E-state index is 12.1. The zero-order chi connectivity index (χ0) is 15.4. The lowest BCUT2D eigenvalue weighted by Gasteiger charge is -2.61. The number of rotatable bonds is 3. The molecule has 2 saturated carbocycles. The Labute approximate surface area is 124 Å². The van der Waals surface area contributed by atoms with E-state index in [-0.39, 0.29) is 27.9 Å². The van der Waals surface area contributed by atoms with Crippen LogP contribution >= 0.6 is 0 Å². The number of ether oxygens (including phenoxy) is 1. The molecule has 3 nitrogen and oxygen atoms in total. The van der Waals surface area contributed by atoms with Crippen LogP contribution in [-0.4, -0.2) is 27.0 Å². The van der Waals surface area contributed by atoms with E-state index >= 15 is 0 Å². The Morgan fingerprint density at radius 2 is 1.85 bits per heavy atom. The van der Waals surface area contributed by atoms with Crippen LogP contribution < -0.4 is 0 Å². The molecule has 20 heavy (non-hydrogen) atoms. The smallest absolute Gasteiger partial charge is 0.311 e. The largest absolute Gasteiger partial charge is 0.469 e. The second-order valence-electron chi connectivity index (χ2n) is 8.45. The lowest BCUT2D eigenvalue weighted by molar-refractivity contribution is -0.201. The molecule has 2 aliphatic carbocycles. The Hall–Kier alpha value is -0.353. The van der Waals surface area contributed by atoms with Crippen LogP contribution in [0.4, 0.5) is 0 Å². The average molecular weight is 298 g/mol. The van der Waals surface area contributed by atoms with E-state index in [4.69, 9.17) is 9.16 Å². The monoisotopic (exact) mass is 298 g/mol. The van der Waals surface area contributed by atoms with Crippen molar-refractivity contribution >= 4 is 14.3 Å². The van der Waals surface area contributed by atoms with Crippen LogP contribution in [0.15, 0.2) is 0 Å². The number of hydrogen-bond donors (Lipinski definition) is 0. The summed E-state index contributed by atoms with van der Waals surface area (Å²) in [5, 5.41) is 0.168. The fourth-order valence-electron chi connectivity index (χ4n) is 3.88. The summed E-state index contributed by atoms with van der Waals surface area (Å²) in [7, 11) is -0.395. The summed E-state index contributed by atoms with van der Waals surface area (Å²) < 4.78 is 11.9. The molecule has 116 valence electrons. The van der Waals surface area contributed by atoms with Gasteiger partial charge in [0.25, 0.3) is 0 Å². The lowest BCUT2D eigenvalue weighted by Crippen LogP contribution is -2.67. The highest BCUT2D eigenvalue weighted by Crippen LogP contribution is 2.67. The van der Waals surface area contributed by atoms with Crippen LogP contribution in [0.25, 0.3) is 0 Å². The van der Waals surface area contributed by atoms with Gasteiger partial charge in [-0.2, -0.15) is 0 Å². The van der Waals surface area contributed by atoms with Crippen LogP contribution in [0.5, 0.6) is 0 Å². The van der Waals surface area contributed by atoms with E-state index in [9.17, 15) is 4.79 Å². The van der Waals surface area contributed by atoms with Crippen molar-refractivity contribution in [3.8, 4) is 0 Å². The van der Waals surface area contributed by atoms with E-state index in [1.165, 1.54) is 20.0 Å². The van der Waals surface area contributed by atoms with Gasteiger partial charge in [0, 0.05) is 0 Å². The molecule has 2 fully saturated rings. The van der Waals surface area contributed by atoms with Gasteiger partial charge in [0.05, 0.1) is 18.6 Å². The van der Waals surface area contributed by atoms with Crippen LogP contribution in [0.3, 0.4) is 0 Å². The van der Waals surface area contributed by atoms with Crippen molar-refractivity contribution in [2.24, 2.45) is 11.3 Å². The average Bonchev–Trinajstić information content (AvgIpc) is 2.53. The number of esters is 1. The molecule has 0 unspecified atom stereocenters. The molecule has 0 spiro atoms. The predicted molar refractivity (Wildman–Crippen MR) is 83.1 cm³/mol. The molecule has 0 radical (unpaired) electrons. The number of methoxy groups -OCH3 is 1. The summed E-state index contributed by atoms with van der Waals surface area (Å²) in [6.07, 6.45) is 4.28. The normalized spacial score (nSPS) is 37.2. The van der Waals surface area contributed by atoms with Gasteiger partial charge in [-0.1, -0.05) is 27.7 Å². The molecule has 0 aromatic carbocycles. The Kier molecular flexibility index (Phi) is 3.66. The van der Waals surface area contributed by atoms with Crippen LogP contribution in [0.2, 0.25) is 18.1 Å². The first kappa shape index (κ1) is 16.0. The van der Waals surface area contributed by atoms with E-state index in [1.807, 2.05) is 0 Å². The quantitative estimate of drug-likeness (QED) is 0.580. The summed E-state index contributed by atoms with van der Waals surface area (Å²) in [5.74, 6) is -0.141. The molecule has 3 atom stereocenters. The molecule has 0 saturated heterocycles. The van der Waals surface area contributed by atoms with E-state index in [0.717, 1.165) is 12.8 Å². The third-order valence-corrected chi connectivity index (χ3v) is 10.7. The van der Waals surface area contributed by atoms with Gasteiger partial charge in [-0.3, -0.25) is 4.79 Å². The summed E-state index contributed by atoms with van der Waals surface area (Å²) in [4.78, 5) is 12.1. The predicted octanol–water partition coefficient (Wildman–Crippen LogP) is 4.13. The second-order valence-corrected chi connectivity index (χ2v) is 13.2. The maximum absolute atomic E-state index is 12.1. The van der Waals surface area contributed by atoms with Crippen LogP contribution in [0, 0.1) is 11.3 Å². The van der Waals surface area contributed by atoms with Gasteiger partial charge in [-0.05, 0) is 49.2 Å². The molecule has 4 heteroatoms. The molecule has 0 amide bonds. The zero-order valence-electron chi connectivity index (χ0n) is 14.1. The highest BCUT2D eigenvalue weighted by atomic mass is 28.4. The van der Waals surface area contributed by atoms with Crippen molar-refractivity contribution in [2.75, 3.05) is 7.11 Å². The van der Waals surface area contributed by atoms with Gasteiger partial charge in [0.2, 0.25) is 0 Å². The fourth-order valence-corrected chi connectivity index (χ4v) is 5.59.